The second kappa shape index (κ2) is 15.3. The first kappa shape index (κ1) is 42.6. The van der Waals surface area contributed by atoms with Gasteiger partial charge in [-0.2, -0.15) is 0 Å². The van der Waals surface area contributed by atoms with Crippen LogP contribution in [0.1, 0.15) is 107 Å². The third-order valence-electron chi connectivity index (χ3n) is 16.0. The molecule has 0 bridgehead atoms. The minimum absolute atomic E-state index is 0.00685. The fourth-order valence-corrected chi connectivity index (χ4v) is 13.0. The number of fused-ring (bicyclic) bond motifs is 5. The maximum absolute atomic E-state index is 12.2. The molecule has 0 amide bonds. The number of hydrogen-bond donors (Lipinski definition) is 8. The molecule has 6 fully saturated rings. The third kappa shape index (κ3) is 6.79. The number of allylic oxidation sites excluding steroid dienone is 3. The average Bonchev–Trinajstić information content (AvgIpc) is 3.48. The Bertz CT molecular complexity index is 1380. The van der Waals surface area contributed by atoms with Crippen molar-refractivity contribution in [2.45, 2.75) is 186 Å². The van der Waals surface area contributed by atoms with Crippen molar-refractivity contribution in [2.24, 2.45) is 45.3 Å². The Morgan fingerprint density at radius 3 is 2.15 bits per heavy atom. The number of aliphatic hydroxyl groups is 8. The molecule has 6 aliphatic rings. The van der Waals surface area contributed by atoms with Crippen LogP contribution in [0.2, 0.25) is 0 Å². The van der Waals surface area contributed by atoms with Gasteiger partial charge in [0.2, 0.25) is 0 Å². The fraction of sp³-hybridized carbons (Fsp3) is 0.905. The lowest BCUT2D eigenvalue weighted by molar-refractivity contribution is -0.381. The lowest BCUT2D eigenvalue weighted by Gasteiger charge is -2.72. The van der Waals surface area contributed by atoms with E-state index in [4.69, 9.17) is 18.9 Å². The van der Waals surface area contributed by atoms with Crippen LogP contribution in [0.5, 0.6) is 0 Å². The predicted octanol–water partition coefficient (Wildman–Crippen LogP) is 2.95. The summed E-state index contributed by atoms with van der Waals surface area (Å²) in [6, 6.07) is 0. The van der Waals surface area contributed by atoms with E-state index >= 15 is 0 Å². The van der Waals surface area contributed by atoms with Gasteiger partial charge in [0.25, 0.3) is 0 Å². The van der Waals surface area contributed by atoms with Crippen LogP contribution in [-0.2, 0) is 18.9 Å². The molecule has 4 aliphatic carbocycles. The summed E-state index contributed by atoms with van der Waals surface area (Å²) in [5.74, 6) is 0.0623. The van der Waals surface area contributed by atoms with Gasteiger partial charge in [0, 0.05) is 0 Å². The highest BCUT2D eigenvalue weighted by Gasteiger charge is 2.73. The summed E-state index contributed by atoms with van der Waals surface area (Å²) in [6.07, 6.45) is -7.55. The molecule has 0 aromatic heterocycles. The number of rotatable bonds is 9. The molecule has 54 heavy (non-hydrogen) atoms. The van der Waals surface area contributed by atoms with Crippen LogP contribution in [0.25, 0.3) is 0 Å². The van der Waals surface area contributed by atoms with Gasteiger partial charge in [-0.3, -0.25) is 0 Å². The van der Waals surface area contributed by atoms with E-state index in [1.165, 1.54) is 18.1 Å². The summed E-state index contributed by atoms with van der Waals surface area (Å²) in [4.78, 5) is 0. The monoisotopic (exact) mass is 766 g/mol. The normalized spacial score (nSPS) is 52.9. The van der Waals surface area contributed by atoms with E-state index in [-0.39, 0.29) is 39.9 Å². The van der Waals surface area contributed by atoms with Gasteiger partial charge in [-0.1, -0.05) is 58.4 Å². The summed E-state index contributed by atoms with van der Waals surface area (Å²) >= 11 is 0. The maximum atomic E-state index is 12.2. The molecule has 8 N–H and O–H groups in total. The van der Waals surface area contributed by atoms with Gasteiger partial charge in [-0.05, 0) is 117 Å². The van der Waals surface area contributed by atoms with E-state index in [0.29, 0.717) is 19.3 Å². The summed E-state index contributed by atoms with van der Waals surface area (Å²) in [5.41, 5.74) is 0.837. The van der Waals surface area contributed by atoms with E-state index in [1.54, 1.807) is 0 Å². The minimum atomic E-state index is -1.68. The maximum Gasteiger partial charge on any atom is 0.187 e. The second-order valence-corrected chi connectivity index (χ2v) is 19.6. The number of ether oxygens (including phenoxy) is 4. The van der Waals surface area contributed by atoms with E-state index in [2.05, 4.69) is 61.1 Å². The van der Waals surface area contributed by atoms with Crippen LogP contribution < -0.4 is 0 Å². The van der Waals surface area contributed by atoms with E-state index in [1.807, 2.05) is 0 Å². The predicted molar refractivity (Wildman–Crippen MR) is 199 cm³/mol. The Kier molecular flexibility index (Phi) is 12.1. The molecule has 12 nitrogen and oxygen atoms in total. The minimum Gasteiger partial charge on any atom is -0.394 e. The quantitative estimate of drug-likeness (QED) is 0.126. The zero-order valence-corrected chi connectivity index (χ0v) is 33.7. The molecule has 0 radical (unpaired) electrons. The van der Waals surface area contributed by atoms with Gasteiger partial charge in [-0.25, -0.2) is 0 Å². The Labute approximate surface area is 321 Å². The topological polar surface area (TPSA) is 199 Å². The molecular formula is C42H70O12. The van der Waals surface area contributed by atoms with Gasteiger partial charge in [0.05, 0.1) is 31.0 Å². The number of hydrogen-bond acceptors (Lipinski definition) is 12. The summed E-state index contributed by atoms with van der Waals surface area (Å²) < 4.78 is 25.2. The summed E-state index contributed by atoms with van der Waals surface area (Å²) in [5, 5.41) is 88.2. The SMILES string of the molecule is C=C(CCC=C(C)C)C1CC[C@]2(C)C1[C@H](O)CC1[C@@]3(C)CC[C@H](O)C(C)(C)C3[C@@H](OC3OC(CO)C(O)C(O)C3OC3OC(C)C(O)C(O)C3O)C[C@]12C. The van der Waals surface area contributed by atoms with Crippen molar-refractivity contribution >= 4 is 0 Å². The fourth-order valence-electron chi connectivity index (χ4n) is 13.0. The molecule has 14 unspecified atom stereocenters. The molecule has 0 spiro atoms. The molecule has 20 atom stereocenters. The molecule has 0 aromatic rings. The molecule has 2 saturated heterocycles. The highest BCUT2D eigenvalue weighted by atomic mass is 16.8. The van der Waals surface area contributed by atoms with Crippen LogP contribution >= 0.6 is 0 Å². The standard InChI is InChI=1S/C42H70O12/c1-20(2)11-10-12-21(3)23-13-16-41(8)29(23)24(44)17-27-40(7)15-14-28(45)39(5,6)36(40)25(18-42(27,41)9)52-38-35(33(49)31(47)26(19-43)53-38)54-37-34(50)32(48)30(46)22(4)51-37/h11,22-38,43-50H,3,10,12-19H2,1-2,4-9H3/t22?,23?,24-,25+,26?,27?,28+,29?,30?,31?,32?,33?,34?,35?,36?,37?,38?,40-,41-,42-/m1/s1. The van der Waals surface area contributed by atoms with Crippen LogP contribution in [-0.4, -0.2) is 127 Å². The Balaban J connectivity index is 1.37. The van der Waals surface area contributed by atoms with Crippen molar-refractivity contribution in [1.82, 2.24) is 0 Å². The molecule has 2 aliphatic heterocycles. The van der Waals surface area contributed by atoms with Gasteiger partial charge in [0.1, 0.15) is 42.7 Å². The van der Waals surface area contributed by atoms with Crippen LogP contribution in [0.3, 0.4) is 0 Å². The van der Waals surface area contributed by atoms with Gasteiger partial charge in [-0.15, -0.1) is 0 Å². The van der Waals surface area contributed by atoms with Crippen molar-refractivity contribution in [2.75, 3.05) is 6.61 Å². The second-order valence-electron chi connectivity index (χ2n) is 19.6. The van der Waals surface area contributed by atoms with Crippen LogP contribution in [0, 0.1) is 45.3 Å². The Morgan fingerprint density at radius 2 is 1.50 bits per heavy atom. The van der Waals surface area contributed by atoms with E-state index in [9.17, 15) is 40.9 Å². The van der Waals surface area contributed by atoms with Gasteiger partial charge >= 0.3 is 0 Å². The summed E-state index contributed by atoms with van der Waals surface area (Å²) in [7, 11) is 0. The van der Waals surface area contributed by atoms with Crippen LogP contribution in [0.4, 0.5) is 0 Å². The van der Waals surface area contributed by atoms with Crippen molar-refractivity contribution in [1.29, 1.82) is 0 Å². The molecule has 0 aromatic carbocycles. The molecule has 12 heteroatoms. The van der Waals surface area contributed by atoms with E-state index in [0.717, 1.165) is 32.1 Å². The van der Waals surface area contributed by atoms with Crippen LogP contribution in [0.15, 0.2) is 23.8 Å². The Hall–Kier alpha value is -1.00. The third-order valence-corrected chi connectivity index (χ3v) is 16.0. The molecule has 6 rings (SSSR count). The van der Waals surface area contributed by atoms with Gasteiger partial charge < -0.3 is 59.8 Å². The van der Waals surface area contributed by atoms with Crippen molar-refractivity contribution in [3.63, 3.8) is 0 Å². The average molecular weight is 767 g/mol. The first-order chi connectivity index (χ1) is 25.1. The zero-order valence-electron chi connectivity index (χ0n) is 33.7. The lowest BCUT2D eigenvalue weighted by atomic mass is 9.34. The lowest BCUT2D eigenvalue weighted by Crippen LogP contribution is -2.71. The zero-order chi connectivity index (χ0) is 39.9. The molecule has 2 heterocycles. The molecular weight excluding hydrogens is 696 g/mol. The van der Waals surface area contributed by atoms with E-state index < -0.39 is 91.7 Å². The van der Waals surface area contributed by atoms with Gasteiger partial charge in [0.15, 0.2) is 12.6 Å². The summed E-state index contributed by atoms with van der Waals surface area (Å²) in [6.45, 7) is 20.8. The first-order valence-corrected chi connectivity index (χ1v) is 20.4. The number of aliphatic hydroxyl groups excluding tert-OH is 8. The van der Waals surface area contributed by atoms with Crippen molar-refractivity contribution in [3.8, 4) is 0 Å². The highest BCUT2D eigenvalue weighted by molar-refractivity contribution is 5.24. The Morgan fingerprint density at radius 1 is 0.815 bits per heavy atom. The molecule has 310 valence electrons. The molecule has 4 saturated carbocycles. The smallest absolute Gasteiger partial charge is 0.187 e. The first-order valence-electron chi connectivity index (χ1n) is 20.4. The largest absolute Gasteiger partial charge is 0.394 e. The van der Waals surface area contributed by atoms with Crippen molar-refractivity contribution < 1.29 is 59.8 Å². The van der Waals surface area contributed by atoms with Crippen molar-refractivity contribution in [3.05, 3.63) is 23.8 Å². The highest BCUT2D eigenvalue weighted by Crippen LogP contribution is 2.76.